The number of nitrogens with one attached hydrogen (secondary N) is 3. The number of fused-ring (bicyclic) bond motifs is 1. The minimum Gasteiger partial charge on any atom is -0.451 e. The molecule has 1 aromatic carbocycles. The fraction of sp³-hybridized carbons (Fsp3) is 0.273. The van der Waals surface area contributed by atoms with E-state index >= 15 is 0 Å². The van der Waals surface area contributed by atoms with Crippen LogP contribution in [0.25, 0.3) is 5.52 Å². The van der Waals surface area contributed by atoms with Gasteiger partial charge in [-0.15, -0.1) is 5.10 Å². The molecule has 1 amide bonds. The average Bonchev–Trinajstić information content (AvgIpc) is 3.33. The van der Waals surface area contributed by atoms with Crippen LogP contribution in [0.1, 0.15) is 47.3 Å². The van der Waals surface area contributed by atoms with E-state index in [-0.39, 0.29) is 12.1 Å². The van der Waals surface area contributed by atoms with Crippen LogP contribution in [0.15, 0.2) is 48.1 Å². The second-order valence-electron chi connectivity index (χ2n) is 7.44. The number of carbonyl (C=O) groups is 1. The predicted octanol–water partition coefficient (Wildman–Crippen LogP) is 3.37. The lowest BCUT2D eigenvalue weighted by Gasteiger charge is -2.12. The van der Waals surface area contributed by atoms with Crippen molar-refractivity contribution in [2.24, 2.45) is 5.10 Å². The molecule has 160 valence electrons. The monoisotopic (exact) mass is 419 g/mol. The van der Waals surface area contributed by atoms with Crippen LogP contribution >= 0.6 is 0 Å². The quantitative estimate of drug-likeness (QED) is 0.566. The maximum absolute atomic E-state index is 12.7. The molecule has 0 aliphatic carbocycles. The number of allylic oxidation sites excluding steroid dienone is 1. The first-order valence-corrected chi connectivity index (χ1v) is 10.1. The predicted molar refractivity (Wildman–Crippen MR) is 119 cm³/mol. The number of anilines is 2. The van der Waals surface area contributed by atoms with Gasteiger partial charge in [-0.25, -0.2) is 9.50 Å². The minimum absolute atomic E-state index is 0.161. The molecule has 0 unspecified atom stereocenters. The molecule has 0 saturated carbocycles. The lowest BCUT2D eigenvalue weighted by Crippen LogP contribution is -2.22. The van der Waals surface area contributed by atoms with Gasteiger partial charge in [-0.05, 0) is 50.5 Å². The third-order valence-electron chi connectivity index (χ3n) is 5.16. The fourth-order valence-corrected chi connectivity index (χ4v) is 3.32. The Hall–Kier alpha value is -3.88. The molecule has 9 nitrogen and oxygen atoms in total. The zero-order chi connectivity index (χ0) is 22.1. The number of rotatable bonds is 6. The second kappa shape index (κ2) is 8.10. The number of amides is 1. The van der Waals surface area contributed by atoms with E-state index in [1.165, 1.54) is 6.33 Å². The Balaban J connectivity index is 1.69. The molecule has 1 atom stereocenters. The van der Waals surface area contributed by atoms with Gasteiger partial charge in [-0.1, -0.05) is 19.6 Å². The maximum Gasteiger partial charge on any atom is 0.257 e. The zero-order valence-electron chi connectivity index (χ0n) is 18.0. The normalized spacial score (nSPS) is 15.2. The maximum atomic E-state index is 12.7. The number of benzene rings is 1. The standard InChI is InChI=1S/C22H25N7O2/c1-6-13(3)25-21(30)17-10-29-19(14(17)4)20(23-11-24-29)26-18-9-16(8-7-12(18)2)22-28-27-15(5)31-22/h7-11,15,27H,3,6H2,1-2,4-5H3,(H,25,30)(H,23,24,26)/t15-/m0/s1. The Kier molecular flexibility index (Phi) is 5.33. The number of hydrogen-bond acceptors (Lipinski definition) is 7. The van der Waals surface area contributed by atoms with E-state index in [1.54, 1.807) is 10.7 Å². The van der Waals surface area contributed by atoms with E-state index < -0.39 is 0 Å². The highest BCUT2D eigenvalue weighted by Crippen LogP contribution is 2.28. The molecule has 4 rings (SSSR count). The molecule has 0 radical (unpaired) electrons. The Morgan fingerprint density at radius 3 is 2.87 bits per heavy atom. The summed E-state index contributed by atoms with van der Waals surface area (Å²) >= 11 is 0. The molecule has 31 heavy (non-hydrogen) atoms. The number of hydrazone groups is 1. The van der Waals surface area contributed by atoms with E-state index in [2.05, 4.69) is 37.8 Å². The van der Waals surface area contributed by atoms with Gasteiger partial charge in [0.15, 0.2) is 12.0 Å². The summed E-state index contributed by atoms with van der Waals surface area (Å²) < 4.78 is 7.34. The summed E-state index contributed by atoms with van der Waals surface area (Å²) in [5.41, 5.74) is 8.32. The van der Waals surface area contributed by atoms with E-state index in [0.717, 1.165) is 27.9 Å². The van der Waals surface area contributed by atoms with Crippen molar-refractivity contribution in [2.75, 3.05) is 5.32 Å². The van der Waals surface area contributed by atoms with E-state index in [1.807, 2.05) is 45.9 Å². The van der Waals surface area contributed by atoms with Gasteiger partial charge in [0.2, 0.25) is 5.90 Å². The van der Waals surface area contributed by atoms with Crippen molar-refractivity contribution in [3.05, 3.63) is 65.3 Å². The van der Waals surface area contributed by atoms with Gasteiger partial charge in [-0.3, -0.25) is 10.2 Å². The van der Waals surface area contributed by atoms with Crippen molar-refractivity contribution >= 4 is 28.8 Å². The number of ether oxygens (including phenoxy) is 1. The summed E-state index contributed by atoms with van der Waals surface area (Å²) in [4.78, 5) is 17.1. The van der Waals surface area contributed by atoms with Gasteiger partial charge < -0.3 is 15.4 Å². The third-order valence-corrected chi connectivity index (χ3v) is 5.16. The number of carbonyl (C=O) groups excluding carboxylic acids is 1. The number of aromatic nitrogens is 3. The van der Waals surface area contributed by atoms with E-state index in [0.29, 0.717) is 29.4 Å². The van der Waals surface area contributed by atoms with Crippen LogP contribution in [0.3, 0.4) is 0 Å². The van der Waals surface area contributed by atoms with Crippen LogP contribution in [0.5, 0.6) is 0 Å². The van der Waals surface area contributed by atoms with Crippen LogP contribution in [-0.4, -0.2) is 32.6 Å². The SMILES string of the molecule is C=C(CC)NC(=O)c1cn2ncnc(Nc3cc(C4=NN[C@H](C)O4)ccc3C)c2c1C. The first-order valence-electron chi connectivity index (χ1n) is 10.1. The van der Waals surface area contributed by atoms with Crippen LogP contribution in [-0.2, 0) is 4.74 Å². The summed E-state index contributed by atoms with van der Waals surface area (Å²) in [6, 6.07) is 5.91. The molecule has 1 aliphatic heterocycles. The number of nitrogens with zero attached hydrogens (tertiary/aromatic N) is 4. The molecule has 9 heteroatoms. The summed E-state index contributed by atoms with van der Waals surface area (Å²) in [7, 11) is 0. The fourth-order valence-electron chi connectivity index (χ4n) is 3.32. The molecule has 3 heterocycles. The van der Waals surface area contributed by atoms with Gasteiger partial charge in [-0.2, -0.15) is 5.10 Å². The number of aryl methyl sites for hydroxylation is 2. The molecular weight excluding hydrogens is 394 g/mol. The average molecular weight is 419 g/mol. The lowest BCUT2D eigenvalue weighted by atomic mass is 10.1. The smallest absolute Gasteiger partial charge is 0.257 e. The first-order chi connectivity index (χ1) is 14.9. The molecule has 3 N–H and O–H groups in total. The van der Waals surface area contributed by atoms with Crippen LogP contribution in [0.4, 0.5) is 11.5 Å². The van der Waals surface area contributed by atoms with Crippen molar-refractivity contribution in [3.63, 3.8) is 0 Å². The topological polar surface area (TPSA) is 105 Å². The Bertz CT molecular complexity index is 1210. The Morgan fingerprint density at radius 2 is 2.16 bits per heavy atom. The zero-order valence-corrected chi connectivity index (χ0v) is 18.0. The van der Waals surface area contributed by atoms with Crippen molar-refractivity contribution in [1.29, 1.82) is 0 Å². The molecule has 2 aromatic heterocycles. The van der Waals surface area contributed by atoms with E-state index in [4.69, 9.17) is 4.74 Å². The highest BCUT2D eigenvalue weighted by Gasteiger charge is 2.20. The Labute approximate surface area is 180 Å². The van der Waals surface area contributed by atoms with Gasteiger partial charge in [0.05, 0.1) is 5.56 Å². The van der Waals surface area contributed by atoms with Gasteiger partial charge in [0.25, 0.3) is 5.91 Å². The lowest BCUT2D eigenvalue weighted by molar-refractivity contribution is 0.0964. The van der Waals surface area contributed by atoms with Crippen LogP contribution < -0.4 is 16.1 Å². The molecular formula is C22H25N7O2. The van der Waals surface area contributed by atoms with Crippen molar-refractivity contribution in [3.8, 4) is 0 Å². The molecule has 0 spiro atoms. The van der Waals surface area contributed by atoms with Crippen molar-refractivity contribution in [1.82, 2.24) is 25.3 Å². The molecule has 0 saturated heterocycles. The summed E-state index contributed by atoms with van der Waals surface area (Å²) in [6.07, 6.45) is 3.67. The second-order valence-corrected chi connectivity index (χ2v) is 7.44. The highest BCUT2D eigenvalue weighted by atomic mass is 16.5. The molecule has 1 aliphatic rings. The summed E-state index contributed by atoms with van der Waals surface area (Å²) in [5.74, 6) is 0.927. The number of hydrogen-bond donors (Lipinski definition) is 3. The summed E-state index contributed by atoms with van der Waals surface area (Å²) in [6.45, 7) is 11.6. The first kappa shape index (κ1) is 20.4. The summed E-state index contributed by atoms with van der Waals surface area (Å²) in [5, 5.41) is 14.7. The van der Waals surface area contributed by atoms with Crippen LogP contribution in [0.2, 0.25) is 0 Å². The van der Waals surface area contributed by atoms with Gasteiger partial charge >= 0.3 is 0 Å². The minimum atomic E-state index is -0.211. The van der Waals surface area contributed by atoms with Crippen molar-refractivity contribution < 1.29 is 9.53 Å². The van der Waals surface area contributed by atoms with E-state index in [9.17, 15) is 4.79 Å². The molecule has 3 aromatic rings. The van der Waals surface area contributed by atoms with Gasteiger partial charge in [0, 0.05) is 23.1 Å². The molecule has 0 bridgehead atoms. The largest absolute Gasteiger partial charge is 0.451 e. The Morgan fingerprint density at radius 1 is 1.35 bits per heavy atom. The van der Waals surface area contributed by atoms with Crippen LogP contribution in [0, 0.1) is 13.8 Å². The van der Waals surface area contributed by atoms with Crippen molar-refractivity contribution in [2.45, 2.75) is 40.3 Å². The molecule has 0 fully saturated rings. The highest BCUT2D eigenvalue weighted by molar-refractivity contribution is 6.00. The van der Waals surface area contributed by atoms with Gasteiger partial charge in [0.1, 0.15) is 11.8 Å². The third kappa shape index (κ3) is 3.94.